The van der Waals surface area contributed by atoms with Crippen LogP contribution in [0.25, 0.3) is 0 Å². The van der Waals surface area contributed by atoms with Gasteiger partial charge in [0.15, 0.2) is 0 Å². The molecule has 0 saturated carbocycles. The van der Waals surface area contributed by atoms with Crippen LogP contribution >= 0.6 is 11.8 Å². The molecule has 7 heteroatoms. The van der Waals surface area contributed by atoms with Crippen LogP contribution in [0.1, 0.15) is 17.0 Å². The van der Waals surface area contributed by atoms with E-state index in [1.807, 2.05) is 30.5 Å². The Bertz CT molecular complexity index is 1070. The summed E-state index contributed by atoms with van der Waals surface area (Å²) in [6, 6.07) is 19.3. The second kappa shape index (κ2) is 8.67. The number of hydrazone groups is 1. The van der Waals surface area contributed by atoms with Gasteiger partial charge in [-0.1, -0.05) is 24.3 Å². The smallest absolute Gasteiger partial charge is 0.306 e. The first-order valence-electron chi connectivity index (χ1n) is 9.36. The van der Waals surface area contributed by atoms with Crippen molar-refractivity contribution in [3.63, 3.8) is 0 Å². The van der Waals surface area contributed by atoms with Crippen molar-refractivity contribution in [3.8, 4) is 0 Å². The van der Waals surface area contributed by atoms with Crippen molar-refractivity contribution in [2.45, 2.75) is 10.8 Å². The van der Waals surface area contributed by atoms with Gasteiger partial charge in [0.1, 0.15) is 11.6 Å². The van der Waals surface area contributed by atoms with Gasteiger partial charge in [-0.05, 0) is 65.9 Å². The molecule has 0 saturated heterocycles. The molecule has 1 atom stereocenters. The van der Waals surface area contributed by atoms with Crippen LogP contribution in [0.5, 0.6) is 0 Å². The summed E-state index contributed by atoms with van der Waals surface area (Å²) in [6.07, 6.45) is 1.99. The van der Waals surface area contributed by atoms with Crippen molar-refractivity contribution >= 4 is 29.2 Å². The number of anilines is 1. The van der Waals surface area contributed by atoms with Gasteiger partial charge in [-0.15, -0.1) is 11.8 Å². The monoisotopic (exact) mass is 423 g/mol. The molecule has 30 heavy (non-hydrogen) atoms. The lowest BCUT2D eigenvalue weighted by Crippen LogP contribution is -2.30. The minimum absolute atomic E-state index is 0.249. The van der Waals surface area contributed by atoms with E-state index >= 15 is 0 Å². The lowest BCUT2D eigenvalue weighted by Gasteiger charge is -2.16. The van der Waals surface area contributed by atoms with Gasteiger partial charge in [0, 0.05) is 16.5 Å². The van der Waals surface area contributed by atoms with Gasteiger partial charge in [-0.25, -0.2) is 18.6 Å². The molecule has 3 aromatic rings. The van der Waals surface area contributed by atoms with E-state index in [0.717, 1.165) is 10.5 Å². The van der Waals surface area contributed by atoms with Crippen LogP contribution in [0.2, 0.25) is 0 Å². The van der Waals surface area contributed by atoms with Crippen LogP contribution < -0.4 is 5.32 Å². The van der Waals surface area contributed by atoms with Crippen molar-refractivity contribution in [1.82, 2.24) is 5.01 Å². The van der Waals surface area contributed by atoms with Gasteiger partial charge >= 0.3 is 6.03 Å². The van der Waals surface area contributed by atoms with E-state index in [9.17, 15) is 13.6 Å². The molecule has 4 rings (SSSR count). The molecule has 152 valence electrons. The third kappa shape index (κ3) is 4.36. The predicted octanol–water partition coefficient (Wildman–Crippen LogP) is 5.72. The number of nitrogens with zero attached hydrogens (tertiary/aromatic N) is 2. The zero-order valence-corrected chi connectivity index (χ0v) is 17.0. The van der Waals surface area contributed by atoms with Crippen LogP contribution in [-0.2, 0) is 0 Å². The largest absolute Gasteiger partial charge is 0.342 e. The van der Waals surface area contributed by atoms with E-state index in [2.05, 4.69) is 10.4 Å². The van der Waals surface area contributed by atoms with Gasteiger partial charge in [0.2, 0.25) is 0 Å². The highest BCUT2D eigenvalue weighted by Gasteiger charge is 2.32. The molecule has 0 fully saturated rings. The fourth-order valence-corrected chi connectivity index (χ4v) is 3.74. The molecule has 0 aromatic heterocycles. The molecular weight excluding hydrogens is 404 g/mol. The summed E-state index contributed by atoms with van der Waals surface area (Å²) in [5.74, 6) is -0.931. The van der Waals surface area contributed by atoms with Crippen LogP contribution in [0.4, 0.5) is 19.3 Å². The number of carbonyl (C=O) groups excluding carboxylic acids is 1. The number of hydrogen-bond acceptors (Lipinski definition) is 3. The number of benzene rings is 3. The minimum Gasteiger partial charge on any atom is -0.306 e. The lowest BCUT2D eigenvalue weighted by atomic mass is 9.90. The van der Waals surface area contributed by atoms with E-state index < -0.39 is 0 Å². The molecule has 1 aliphatic heterocycles. The Morgan fingerprint density at radius 3 is 2.17 bits per heavy atom. The number of nitrogens with one attached hydrogen (secondary N) is 1. The van der Waals surface area contributed by atoms with Crippen LogP contribution in [0.15, 0.2) is 82.8 Å². The van der Waals surface area contributed by atoms with E-state index in [4.69, 9.17) is 0 Å². The fraction of sp³-hybridized carbons (Fsp3) is 0.130. The number of halogens is 2. The van der Waals surface area contributed by atoms with Crippen molar-refractivity contribution in [3.05, 3.63) is 95.6 Å². The lowest BCUT2D eigenvalue weighted by molar-refractivity contribution is 0.218. The van der Waals surface area contributed by atoms with Crippen LogP contribution in [0.3, 0.4) is 0 Å². The van der Waals surface area contributed by atoms with Crippen molar-refractivity contribution in [2.24, 2.45) is 5.10 Å². The average Bonchev–Trinajstić information content (AvgIpc) is 3.21. The average molecular weight is 423 g/mol. The Balaban J connectivity index is 1.60. The number of amides is 2. The SMILES string of the molecule is CSc1ccc(NC(=O)N2CC(c3ccc(F)cc3)C(c3ccc(F)cc3)=N2)cc1. The molecule has 0 spiro atoms. The molecule has 1 aliphatic rings. The number of urea groups is 1. The highest BCUT2D eigenvalue weighted by molar-refractivity contribution is 7.98. The molecule has 2 amide bonds. The van der Waals surface area contributed by atoms with Crippen molar-refractivity contribution in [2.75, 3.05) is 18.1 Å². The van der Waals surface area contributed by atoms with E-state index in [-0.39, 0.29) is 23.6 Å². The molecule has 1 heterocycles. The summed E-state index contributed by atoms with van der Waals surface area (Å²) in [6.45, 7) is 0.299. The summed E-state index contributed by atoms with van der Waals surface area (Å²) in [7, 11) is 0. The zero-order valence-electron chi connectivity index (χ0n) is 16.2. The molecular formula is C23H19F2N3OS. The third-order valence-corrected chi connectivity index (χ3v) is 5.65. The predicted molar refractivity (Wildman–Crippen MR) is 116 cm³/mol. The van der Waals surface area contributed by atoms with Crippen molar-refractivity contribution in [1.29, 1.82) is 0 Å². The van der Waals surface area contributed by atoms with Crippen LogP contribution in [-0.4, -0.2) is 29.6 Å². The standard InChI is InChI=1S/C23H19F2N3OS/c1-30-20-12-10-19(11-13-20)26-23(29)28-14-21(15-2-6-17(24)7-3-15)22(27-28)16-4-8-18(25)9-5-16/h2-13,21H,14H2,1H3,(H,26,29). The molecule has 0 bridgehead atoms. The van der Waals surface area contributed by atoms with Gasteiger partial charge in [-0.3, -0.25) is 0 Å². The minimum atomic E-state index is -0.365. The maximum Gasteiger partial charge on any atom is 0.342 e. The van der Waals surface area contributed by atoms with Gasteiger partial charge in [-0.2, -0.15) is 5.10 Å². The zero-order chi connectivity index (χ0) is 21.1. The molecule has 4 nitrogen and oxygen atoms in total. The number of rotatable bonds is 4. The number of thioether (sulfide) groups is 1. The van der Waals surface area contributed by atoms with Gasteiger partial charge < -0.3 is 5.32 Å². The molecule has 0 radical (unpaired) electrons. The Kier molecular flexibility index (Phi) is 5.81. The second-order valence-corrected chi connectivity index (χ2v) is 7.72. The topological polar surface area (TPSA) is 44.7 Å². The molecule has 0 aliphatic carbocycles. The summed E-state index contributed by atoms with van der Waals surface area (Å²) in [5, 5.41) is 8.72. The first-order chi connectivity index (χ1) is 14.5. The maximum absolute atomic E-state index is 13.4. The normalized spacial score (nSPS) is 15.8. The Morgan fingerprint density at radius 2 is 1.57 bits per heavy atom. The first kappa shape index (κ1) is 20.1. The molecule has 1 N–H and O–H groups in total. The van der Waals surface area contributed by atoms with E-state index in [1.165, 1.54) is 29.3 Å². The quantitative estimate of drug-likeness (QED) is 0.545. The van der Waals surface area contributed by atoms with Gasteiger partial charge in [0.05, 0.1) is 12.3 Å². The molecule has 3 aromatic carbocycles. The maximum atomic E-state index is 13.4. The first-order valence-corrected chi connectivity index (χ1v) is 10.6. The summed E-state index contributed by atoms with van der Waals surface area (Å²) in [4.78, 5) is 13.9. The van der Waals surface area contributed by atoms with Crippen LogP contribution in [0, 0.1) is 11.6 Å². The van der Waals surface area contributed by atoms with E-state index in [0.29, 0.717) is 23.5 Å². The van der Waals surface area contributed by atoms with Crippen molar-refractivity contribution < 1.29 is 13.6 Å². The van der Waals surface area contributed by atoms with Gasteiger partial charge in [0.25, 0.3) is 0 Å². The highest BCUT2D eigenvalue weighted by Crippen LogP contribution is 2.29. The number of carbonyl (C=O) groups is 1. The summed E-state index contributed by atoms with van der Waals surface area (Å²) in [5.41, 5.74) is 2.85. The Labute approximate surface area is 177 Å². The summed E-state index contributed by atoms with van der Waals surface area (Å²) < 4.78 is 26.8. The Morgan fingerprint density at radius 1 is 0.967 bits per heavy atom. The molecule has 1 unspecified atom stereocenters. The van der Waals surface area contributed by atoms with E-state index in [1.54, 1.807) is 36.0 Å². The second-order valence-electron chi connectivity index (χ2n) is 6.84. The third-order valence-electron chi connectivity index (χ3n) is 4.90. The fourth-order valence-electron chi connectivity index (χ4n) is 3.33. The highest BCUT2D eigenvalue weighted by atomic mass is 32.2. The number of hydrogen-bond donors (Lipinski definition) is 1. The Hall–Kier alpha value is -3.19. The summed E-state index contributed by atoms with van der Waals surface area (Å²) >= 11 is 1.62.